The first-order valence-corrected chi connectivity index (χ1v) is 11.4. The fourth-order valence-corrected chi connectivity index (χ4v) is 5.45. The molecule has 4 atom stereocenters. The Balaban J connectivity index is 2.17. The van der Waals surface area contributed by atoms with Crippen LogP contribution in [0, 0.1) is 5.92 Å². The molecule has 1 aliphatic heterocycles. The third-order valence-corrected chi connectivity index (χ3v) is 7.79. The predicted molar refractivity (Wildman–Crippen MR) is 101 cm³/mol. The number of amides is 2. The summed E-state index contributed by atoms with van der Waals surface area (Å²) < 4.78 is 31.0. The van der Waals surface area contributed by atoms with Crippen molar-refractivity contribution >= 4 is 21.8 Å². The maximum absolute atomic E-state index is 12.7. The molecule has 1 heterocycles. The van der Waals surface area contributed by atoms with E-state index in [9.17, 15) is 18.0 Å². The molecule has 1 saturated carbocycles. The number of sulfone groups is 1. The molecule has 2 fully saturated rings. The summed E-state index contributed by atoms with van der Waals surface area (Å²) in [5.74, 6) is -0.436. The van der Waals surface area contributed by atoms with Gasteiger partial charge < -0.3 is 20.1 Å². The highest BCUT2D eigenvalue weighted by molar-refractivity contribution is 7.91. The van der Waals surface area contributed by atoms with Crippen LogP contribution in [0.1, 0.15) is 53.4 Å². The molecule has 0 radical (unpaired) electrons. The quantitative estimate of drug-likeness (QED) is 0.667. The van der Waals surface area contributed by atoms with Crippen molar-refractivity contribution in [3.05, 3.63) is 0 Å². The van der Waals surface area contributed by atoms with Crippen molar-refractivity contribution < 1.29 is 27.9 Å². The standard InChI is InChI=1S/C18H32N2O6S/c1-11(2)26-14-5-6-16(13(9-14)10-27(24,25)12(3)4)20-8-7-15(17(20)21)19-18(22)23/h11-16,19H,5-10H2,1-4H3,(H,22,23)/t13-,14+,15+,16+/m1/s1. The molecule has 0 aromatic carbocycles. The van der Waals surface area contributed by atoms with E-state index in [4.69, 9.17) is 9.84 Å². The summed E-state index contributed by atoms with van der Waals surface area (Å²) in [5.41, 5.74) is 0. The number of carbonyl (C=O) groups is 2. The van der Waals surface area contributed by atoms with Gasteiger partial charge >= 0.3 is 6.09 Å². The lowest BCUT2D eigenvalue weighted by Crippen LogP contribution is -2.51. The summed E-state index contributed by atoms with van der Waals surface area (Å²) in [5, 5.41) is 10.7. The summed E-state index contributed by atoms with van der Waals surface area (Å²) in [6.45, 7) is 7.70. The maximum Gasteiger partial charge on any atom is 0.405 e. The summed E-state index contributed by atoms with van der Waals surface area (Å²) >= 11 is 0. The second kappa shape index (κ2) is 8.77. The van der Waals surface area contributed by atoms with E-state index in [-0.39, 0.29) is 35.8 Å². The van der Waals surface area contributed by atoms with E-state index in [1.54, 1.807) is 18.7 Å². The monoisotopic (exact) mass is 404 g/mol. The second-order valence-corrected chi connectivity index (χ2v) is 10.7. The summed E-state index contributed by atoms with van der Waals surface area (Å²) in [7, 11) is -3.27. The van der Waals surface area contributed by atoms with Crippen LogP contribution in [0.15, 0.2) is 0 Å². The van der Waals surface area contributed by atoms with Crippen LogP contribution in [0.2, 0.25) is 0 Å². The first-order chi connectivity index (χ1) is 12.5. The number of likely N-dealkylation sites (tertiary alicyclic amines) is 1. The number of hydrogen-bond acceptors (Lipinski definition) is 5. The Morgan fingerprint density at radius 3 is 2.48 bits per heavy atom. The number of nitrogens with one attached hydrogen (secondary N) is 1. The lowest BCUT2D eigenvalue weighted by atomic mass is 9.83. The van der Waals surface area contributed by atoms with Crippen LogP contribution >= 0.6 is 0 Å². The van der Waals surface area contributed by atoms with E-state index >= 15 is 0 Å². The van der Waals surface area contributed by atoms with Crippen molar-refractivity contribution in [1.82, 2.24) is 10.2 Å². The van der Waals surface area contributed by atoms with Gasteiger partial charge in [-0.3, -0.25) is 4.79 Å². The lowest BCUT2D eigenvalue weighted by molar-refractivity contribution is -0.134. The molecule has 0 aromatic heterocycles. The van der Waals surface area contributed by atoms with Crippen LogP contribution in [-0.4, -0.2) is 72.3 Å². The molecule has 0 aromatic rings. The van der Waals surface area contributed by atoms with Crippen LogP contribution in [-0.2, 0) is 19.4 Å². The molecule has 2 N–H and O–H groups in total. The Bertz CT molecular complexity index is 648. The van der Waals surface area contributed by atoms with Gasteiger partial charge in [-0.25, -0.2) is 13.2 Å². The van der Waals surface area contributed by atoms with Gasteiger partial charge in [-0.05, 0) is 59.3 Å². The van der Waals surface area contributed by atoms with E-state index in [0.29, 0.717) is 25.8 Å². The van der Waals surface area contributed by atoms with Crippen LogP contribution in [0.4, 0.5) is 4.79 Å². The van der Waals surface area contributed by atoms with E-state index in [0.717, 1.165) is 6.42 Å². The fraction of sp³-hybridized carbons (Fsp3) is 0.889. The van der Waals surface area contributed by atoms with E-state index in [1.807, 2.05) is 13.8 Å². The van der Waals surface area contributed by atoms with Crippen molar-refractivity contribution in [3.8, 4) is 0 Å². The van der Waals surface area contributed by atoms with Crippen molar-refractivity contribution in [1.29, 1.82) is 0 Å². The largest absolute Gasteiger partial charge is 0.465 e. The second-order valence-electron chi connectivity index (χ2n) is 8.15. The average Bonchev–Trinajstić information content (AvgIpc) is 2.87. The zero-order valence-corrected chi connectivity index (χ0v) is 17.4. The van der Waals surface area contributed by atoms with Crippen LogP contribution in [0.3, 0.4) is 0 Å². The average molecular weight is 405 g/mol. The van der Waals surface area contributed by atoms with Gasteiger partial charge in [-0.1, -0.05) is 0 Å². The molecule has 0 spiro atoms. The summed E-state index contributed by atoms with van der Waals surface area (Å²) in [6, 6.07) is -0.937. The zero-order valence-electron chi connectivity index (χ0n) is 16.6. The molecule has 0 bridgehead atoms. The SMILES string of the molecule is CC(C)O[C@H]1CC[C@H](N2CC[C@H](NC(=O)O)C2=O)[C@@H](CS(=O)(=O)C(C)C)C1. The normalized spacial score (nSPS) is 29.6. The summed E-state index contributed by atoms with van der Waals surface area (Å²) in [6.07, 6.45) is 1.27. The number of hydrogen-bond donors (Lipinski definition) is 2. The highest BCUT2D eigenvalue weighted by Crippen LogP contribution is 2.34. The molecule has 8 nitrogen and oxygen atoms in total. The number of ether oxygens (including phenoxy) is 1. The van der Waals surface area contributed by atoms with Crippen LogP contribution in [0.5, 0.6) is 0 Å². The van der Waals surface area contributed by atoms with E-state index in [2.05, 4.69) is 5.32 Å². The Hall–Kier alpha value is -1.35. The van der Waals surface area contributed by atoms with Crippen LogP contribution in [0.25, 0.3) is 0 Å². The summed E-state index contributed by atoms with van der Waals surface area (Å²) in [4.78, 5) is 25.2. The molecular formula is C18H32N2O6S. The Morgan fingerprint density at radius 1 is 1.26 bits per heavy atom. The molecule has 0 unspecified atom stereocenters. The number of nitrogens with zero attached hydrogens (tertiary/aromatic N) is 1. The van der Waals surface area contributed by atoms with Gasteiger partial charge in [0.1, 0.15) is 6.04 Å². The maximum atomic E-state index is 12.7. The van der Waals surface area contributed by atoms with Crippen molar-refractivity contribution in [2.45, 2.75) is 82.9 Å². The Kier molecular flexibility index (Phi) is 7.13. The first kappa shape index (κ1) is 21.9. The van der Waals surface area contributed by atoms with E-state index < -0.39 is 27.2 Å². The molecule has 2 amide bonds. The van der Waals surface area contributed by atoms with Crippen LogP contribution < -0.4 is 5.32 Å². The number of rotatable bonds is 7. The van der Waals surface area contributed by atoms with Gasteiger partial charge in [0.2, 0.25) is 5.91 Å². The minimum Gasteiger partial charge on any atom is -0.465 e. The molecule has 9 heteroatoms. The third-order valence-electron chi connectivity index (χ3n) is 5.46. The third kappa shape index (κ3) is 5.57. The zero-order chi connectivity index (χ0) is 20.4. The molecule has 1 saturated heterocycles. The van der Waals surface area contributed by atoms with Crippen molar-refractivity contribution in [2.24, 2.45) is 5.92 Å². The molecule has 27 heavy (non-hydrogen) atoms. The van der Waals surface area contributed by atoms with Crippen molar-refractivity contribution in [2.75, 3.05) is 12.3 Å². The van der Waals surface area contributed by atoms with Gasteiger partial charge in [-0.2, -0.15) is 0 Å². The molecule has 2 rings (SSSR count). The minimum atomic E-state index is -3.27. The molecule has 2 aliphatic rings. The number of carboxylic acid groups (broad SMARTS) is 1. The van der Waals surface area contributed by atoms with Gasteiger partial charge in [0.25, 0.3) is 0 Å². The first-order valence-electron chi connectivity index (χ1n) is 9.68. The Morgan fingerprint density at radius 2 is 1.93 bits per heavy atom. The van der Waals surface area contributed by atoms with Gasteiger partial charge in [-0.15, -0.1) is 0 Å². The fourth-order valence-electron chi connectivity index (χ4n) is 4.11. The lowest BCUT2D eigenvalue weighted by Gasteiger charge is -2.41. The van der Waals surface area contributed by atoms with Gasteiger partial charge in [0.15, 0.2) is 9.84 Å². The predicted octanol–water partition coefficient (Wildman–Crippen LogP) is 1.64. The van der Waals surface area contributed by atoms with Gasteiger partial charge in [0.05, 0.1) is 23.2 Å². The minimum absolute atomic E-state index is 0.0146. The molecule has 156 valence electrons. The highest BCUT2D eigenvalue weighted by atomic mass is 32.2. The topological polar surface area (TPSA) is 113 Å². The van der Waals surface area contributed by atoms with E-state index in [1.165, 1.54) is 0 Å². The molecular weight excluding hydrogens is 372 g/mol. The molecule has 1 aliphatic carbocycles. The highest BCUT2D eigenvalue weighted by Gasteiger charge is 2.43. The Labute approximate surface area is 161 Å². The number of carbonyl (C=O) groups excluding carboxylic acids is 1. The smallest absolute Gasteiger partial charge is 0.405 e. The van der Waals surface area contributed by atoms with Gasteiger partial charge in [0, 0.05) is 12.6 Å². The van der Waals surface area contributed by atoms with Crippen molar-refractivity contribution in [3.63, 3.8) is 0 Å².